The van der Waals surface area contributed by atoms with Crippen LogP contribution in [0.25, 0.3) is 0 Å². The first-order chi connectivity index (χ1) is 19.1. The highest BCUT2D eigenvalue weighted by molar-refractivity contribution is 9.11. The molecule has 6 atom stereocenters. The Kier molecular flexibility index (Phi) is 8.11. The van der Waals surface area contributed by atoms with Gasteiger partial charge in [0.1, 0.15) is 29.8 Å². The van der Waals surface area contributed by atoms with Crippen LogP contribution in [0.15, 0.2) is 40.9 Å². The van der Waals surface area contributed by atoms with Crippen molar-refractivity contribution in [2.45, 2.75) is 50.5 Å². The Morgan fingerprint density at radius 3 is 2.70 bits per heavy atom. The van der Waals surface area contributed by atoms with Gasteiger partial charge in [-0.1, -0.05) is 51.8 Å². The van der Waals surface area contributed by atoms with E-state index in [9.17, 15) is 24.3 Å². The molecule has 0 unspecified atom stereocenters. The molecule has 2 N–H and O–H groups in total. The van der Waals surface area contributed by atoms with Crippen molar-refractivity contribution in [1.29, 1.82) is 0 Å². The molecule has 1 aromatic rings. The zero-order valence-corrected chi connectivity index (χ0v) is 24.5. The van der Waals surface area contributed by atoms with Crippen LogP contribution in [0.1, 0.15) is 25.3 Å². The number of anilines is 1. The van der Waals surface area contributed by atoms with Crippen LogP contribution in [0.2, 0.25) is 5.02 Å². The highest BCUT2D eigenvalue weighted by Crippen LogP contribution is 2.59. The largest absolute Gasteiger partial charge is 0.460 e. The van der Waals surface area contributed by atoms with E-state index in [0.29, 0.717) is 21.6 Å². The first-order valence-corrected chi connectivity index (χ1v) is 14.4. The van der Waals surface area contributed by atoms with Gasteiger partial charge in [0.25, 0.3) is 5.91 Å². The van der Waals surface area contributed by atoms with E-state index in [1.165, 1.54) is 9.80 Å². The highest BCUT2D eigenvalue weighted by Gasteiger charge is 2.75. The molecule has 40 heavy (non-hydrogen) atoms. The van der Waals surface area contributed by atoms with Crippen LogP contribution in [0, 0.1) is 18.8 Å². The number of amides is 3. The molecular formula is C28H31BrClN3O7. The summed E-state index contributed by atoms with van der Waals surface area (Å²) in [7, 11) is 0. The number of aliphatic hydroxyl groups excluding tert-OH is 1. The zero-order valence-electron chi connectivity index (χ0n) is 22.1. The van der Waals surface area contributed by atoms with Gasteiger partial charge in [0, 0.05) is 24.0 Å². The lowest BCUT2D eigenvalue weighted by Crippen LogP contribution is -2.56. The number of aryl methyl sites for hydroxylation is 1. The maximum atomic E-state index is 14.6. The number of hydrogen-bond acceptors (Lipinski definition) is 7. The number of aliphatic hydroxyl groups is 1. The third-order valence-corrected chi connectivity index (χ3v) is 8.88. The number of nitrogens with one attached hydrogen (secondary N) is 1. The molecule has 5 rings (SSSR count). The molecule has 0 saturated carbocycles. The van der Waals surface area contributed by atoms with E-state index in [0.717, 1.165) is 5.56 Å². The molecule has 2 fully saturated rings. The highest BCUT2D eigenvalue weighted by atomic mass is 79.9. The predicted molar refractivity (Wildman–Crippen MR) is 150 cm³/mol. The molecule has 0 aliphatic carbocycles. The number of rotatable bonds is 3. The summed E-state index contributed by atoms with van der Waals surface area (Å²) < 4.78 is 12.6. The molecule has 3 amide bonds. The van der Waals surface area contributed by atoms with Crippen molar-refractivity contribution in [1.82, 2.24) is 10.2 Å². The smallest absolute Gasteiger partial charge is 0.313 e. The summed E-state index contributed by atoms with van der Waals surface area (Å²) in [6.07, 6.45) is 4.48. The monoisotopic (exact) mass is 635 g/mol. The summed E-state index contributed by atoms with van der Waals surface area (Å²) in [5, 5.41) is 13.0. The van der Waals surface area contributed by atoms with Gasteiger partial charge in [-0.3, -0.25) is 19.2 Å². The van der Waals surface area contributed by atoms with Gasteiger partial charge in [0.2, 0.25) is 11.8 Å². The number of likely N-dealkylation sites (tertiary alicyclic amines) is 1. The Bertz CT molecular complexity index is 1280. The van der Waals surface area contributed by atoms with Crippen molar-refractivity contribution in [2.75, 3.05) is 31.1 Å². The second kappa shape index (κ2) is 11.3. The number of carbonyl (C=O) groups is 4. The Hall–Kier alpha value is -2.73. The van der Waals surface area contributed by atoms with Gasteiger partial charge in [-0.15, -0.1) is 0 Å². The molecule has 5 bridgehead atoms. The van der Waals surface area contributed by atoms with Crippen molar-refractivity contribution in [3.63, 3.8) is 0 Å². The molecule has 12 heteroatoms. The fourth-order valence-corrected chi connectivity index (χ4v) is 7.25. The SMILES string of the molecule is Cc1cccc(Cl)c1N1C/C=C\CCC(=O)NC[C@@H](C)OC(=O)[C@@H]2[C@H]3O[C@@]4(C=C3Br)[C@H](C1=O)N(CCO)C(=O)[C@@H]24. The van der Waals surface area contributed by atoms with Crippen LogP contribution in [0.4, 0.5) is 5.69 Å². The van der Waals surface area contributed by atoms with E-state index < -0.39 is 53.5 Å². The van der Waals surface area contributed by atoms with Crippen LogP contribution < -0.4 is 10.2 Å². The first-order valence-electron chi connectivity index (χ1n) is 13.3. The van der Waals surface area contributed by atoms with Gasteiger partial charge in [0.15, 0.2) is 0 Å². The van der Waals surface area contributed by atoms with E-state index in [2.05, 4.69) is 21.2 Å². The van der Waals surface area contributed by atoms with Crippen molar-refractivity contribution in [2.24, 2.45) is 11.8 Å². The second-order valence-electron chi connectivity index (χ2n) is 10.5. The maximum absolute atomic E-state index is 14.6. The topological polar surface area (TPSA) is 125 Å². The van der Waals surface area contributed by atoms with Gasteiger partial charge >= 0.3 is 5.97 Å². The number of hydrogen-bond donors (Lipinski definition) is 2. The molecule has 4 aliphatic rings. The maximum Gasteiger partial charge on any atom is 0.313 e. The number of halogens is 2. The average molecular weight is 637 g/mol. The molecule has 4 aliphatic heterocycles. The van der Waals surface area contributed by atoms with Crippen LogP contribution in [-0.2, 0) is 28.7 Å². The van der Waals surface area contributed by atoms with Gasteiger partial charge in [0.05, 0.1) is 29.8 Å². The quantitative estimate of drug-likeness (QED) is 0.385. The van der Waals surface area contributed by atoms with Crippen molar-refractivity contribution >= 4 is 56.9 Å². The lowest BCUT2D eigenvalue weighted by molar-refractivity contribution is -0.158. The minimum absolute atomic E-state index is 0.111. The Balaban J connectivity index is 1.64. The molecule has 0 aromatic heterocycles. The normalized spacial score (nSPS) is 33.5. The number of para-hydroxylation sites is 1. The van der Waals surface area contributed by atoms with E-state index in [1.807, 2.05) is 19.1 Å². The number of allylic oxidation sites excluding steroid dienone is 1. The number of β-amino-alcohol motifs (C(OH)–C–C–N with tert-alkyl or cyclic N) is 1. The standard InChI is InChI=1S/C28H31BrClN3O7/c1-15-7-6-8-18(30)22(15)32-10-5-3-4-9-19(35)31-14-16(2)39-27(38)20-21-25(36)33(11-12-34)24(26(32)37)28(21)13-17(29)23(20)40-28/h3,5-8,13,16,20-21,23-24,34H,4,9-12,14H2,1-2H3,(H,31,35)/b5-3-/t16-,20+,21-,23+,24+,28-/m1/s1. The molecule has 0 radical (unpaired) electrons. The second-order valence-corrected chi connectivity index (χ2v) is 11.8. The molecular weight excluding hydrogens is 606 g/mol. The summed E-state index contributed by atoms with van der Waals surface area (Å²) in [6.45, 7) is 3.21. The summed E-state index contributed by atoms with van der Waals surface area (Å²) >= 11 is 10.1. The Labute approximate surface area is 245 Å². The number of carbonyl (C=O) groups excluding carboxylic acids is 4. The predicted octanol–water partition coefficient (Wildman–Crippen LogP) is 2.24. The number of esters is 1. The minimum Gasteiger partial charge on any atom is -0.460 e. The van der Waals surface area contributed by atoms with Gasteiger partial charge < -0.3 is 29.7 Å². The lowest BCUT2D eigenvalue weighted by Gasteiger charge is -2.36. The summed E-state index contributed by atoms with van der Waals surface area (Å²) in [6, 6.07) is 4.12. The van der Waals surface area contributed by atoms with Crippen LogP contribution in [0.5, 0.6) is 0 Å². The summed E-state index contributed by atoms with van der Waals surface area (Å²) in [5.74, 6) is -3.84. The van der Waals surface area contributed by atoms with Gasteiger partial charge in [-0.05, 0) is 38.0 Å². The third kappa shape index (κ3) is 4.76. The molecule has 1 spiro atoms. The van der Waals surface area contributed by atoms with Gasteiger partial charge in [-0.2, -0.15) is 0 Å². The van der Waals surface area contributed by atoms with E-state index in [1.54, 1.807) is 31.2 Å². The van der Waals surface area contributed by atoms with E-state index in [4.69, 9.17) is 21.1 Å². The van der Waals surface area contributed by atoms with Crippen molar-refractivity contribution in [3.8, 4) is 0 Å². The lowest BCUT2D eigenvalue weighted by atomic mass is 9.74. The van der Waals surface area contributed by atoms with E-state index in [-0.39, 0.29) is 38.6 Å². The minimum atomic E-state index is -1.46. The first kappa shape index (κ1) is 28.8. The van der Waals surface area contributed by atoms with Crippen molar-refractivity contribution < 1.29 is 33.8 Å². The number of benzene rings is 1. The fourth-order valence-electron chi connectivity index (χ4n) is 6.19. The number of nitrogens with zero attached hydrogens (tertiary/aromatic N) is 2. The molecule has 214 valence electrons. The average Bonchev–Trinajstić information content (AvgIpc) is 3.49. The molecule has 1 aromatic carbocycles. The van der Waals surface area contributed by atoms with Gasteiger partial charge in [-0.25, -0.2) is 0 Å². The van der Waals surface area contributed by atoms with E-state index >= 15 is 0 Å². The third-order valence-electron chi connectivity index (χ3n) is 7.89. The molecule has 4 heterocycles. The summed E-state index contributed by atoms with van der Waals surface area (Å²) in [4.78, 5) is 57.2. The van der Waals surface area contributed by atoms with Crippen LogP contribution in [0.3, 0.4) is 0 Å². The molecule has 2 saturated heterocycles. The number of fused-ring (bicyclic) bond motifs is 2. The Morgan fingerprint density at radius 1 is 1.20 bits per heavy atom. The number of ether oxygens (including phenoxy) is 2. The Morgan fingerprint density at radius 2 is 1.98 bits per heavy atom. The van der Waals surface area contributed by atoms with Crippen LogP contribution in [-0.4, -0.2) is 83.8 Å². The van der Waals surface area contributed by atoms with Crippen molar-refractivity contribution in [3.05, 3.63) is 51.5 Å². The van der Waals surface area contributed by atoms with Crippen LogP contribution >= 0.6 is 27.5 Å². The zero-order chi connectivity index (χ0) is 28.8. The number of cyclic esters (lactones) is 1. The summed E-state index contributed by atoms with van der Waals surface area (Å²) in [5.41, 5.74) is -0.236. The molecule has 10 nitrogen and oxygen atoms in total. The fraction of sp³-hybridized carbons (Fsp3) is 0.500.